The molecule has 0 aliphatic heterocycles. The summed E-state index contributed by atoms with van der Waals surface area (Å²) < 4.78 is 0. The lowest BCUT2D eigenvalue weighted by atomic mass is 9.80. The molecule has 0 heterocycles. The van der Waals surface area contributed by atoms with Gasteiger partial charge in [-0.2, -0.15) is 0 Å². The van der Waals surface area contributed by atoms with Crippen molar-refractivity contribution in [3.05, 3.63) is 35.9 Å². The molecular weight excluding hydrogens is 224 g/mol. The minimum atomic E-state index is -0.693. The molecule has 2 nitrogen and oxygen atoms in total. The molecule has 18 heavy (non-hydrogen) atoms. The molecule has 0 radical (unpaired) electrons. The smallest absolute Gasteiger partial charge is 0.303 e. The molecule has 0 saturated carbocycles. The third-order valence-electron chi connectivity index (χ3n) is 3.03. The molecule has 0 bridgehead atoms. The Hall–Kier alpha value is -1.31. The summed E-state index contributed by atoms with van der Waals surface area (Å²) in [5.41, 5.74) is 1.55. The van der Waals surface area contributed by atoms with Crippen LogP contribution in [0, 0.1) is 11.3 Å². The maximum absolute atomic E-state index is 10.7. The van der Waals surface area contributed by atoms with Gasteiger partial charge in [0.15, 0.2) is 0 Å². The van der Waals surface area contributed by atoms with Gasteiger partial charge in [0.05, 0.1) is 0 Å². The van der Waals surface area contributed by atoms with Crippen molar-refractivity contribution in [1.29, 1.82) is 0 Å². The van der Waals surface area contributed by atoms with Crippen molar-refractivity contribution < 1.29 is 9.90 Å². The van der Waals surface area contributed by atoms with E-state index in [4.69, 9.17) is 5.11 Å². The van der Waals surface area contributed by atoms with Crippen LogP contribution in [0.25, 0.3) is 0 Å². The van der Waals surface area contributed by atoms with Gasteiger partial charge < -0.3 is 5.11 Å². The lowest BCUT2D eigenvalue weighted by molar-refractivity contribution is -0.137. The number of rotatable bonds is 6. The van der Waals surface area contributed by atoms with Gasteiger partial charge in [-0.15, -0.1) is 0 Å². The first kappa shape index (κ1) is 14.7. The lowest BCUT2D eigenvalue weighted by Crippen LogP contribution is -2.16. The fourth-order valence-corrected chi connectivity index (χ4v) is 2.42. The number of hydrogen-bond acceptors (Lipinski definition) is 1. The van der Waals surface area contributed by atoms with E-state index < -0.39 is 5.97 Å². The Bertz CT molecular complexity index is 362. The van der Waals surface area contributed by atoms with Crippen molar-refractivity contribution in [3.63, 3.8) is 0 Å². The van der Waals surface area contributed by atoms with Crippen molar-refractivity contribution in [1.82, 2.24) is 0 Å². The molecule has 0 unspecified atom stereocenters. The Labute approximate surface area is 110 Å². The molecular formula is C16H24O2. The third kappa shape index (κ3) is 6.43. The molecule has 0 saturated heterocycles. The van der Waals surface area contributed by atoms with E-state index in [-0.39, 0.29) is 11.8 Å². The number of carbonyl (C=O) groups is 1. The molecule has 2 heteroatoms. The van der Waals surface area contributed by atoms with Crippen LogP contribution in [0.4, 0.5) is 0 Å². The monoisotopic (exact) mass is 248 g/mol. The van der Waals surface area contributed by atoms with Gasteiger partial charge in [-0.3, -0.25) is 4.79 Å². The van der Waals surface area contributed by atoms with Crippen molar-refractivity contribution in [2.45, 2.75) is 46.5 Å². The standard InChI is InChI=1S/C16H24O2/c1-16(2,3)12-14(9-10-15(17)18)11-13-7-5-4-6-8-13/h4-8,14H,9-12H2,1-3H3,(H,17,18)/t14-/m1/s1. The topological polar surface area (TPSA) is 37.3 Å². The van der Waals surface area contributed by atoms with Crippen LogP contribution >= 0.6 is 0 Å². The predicted octanol–water partition coefficient (Wildman–Crippen LogP) is 4.15. The van der Waals surface area contributed by atoms with Crippen LogP contribution in [0.15, 0.2) is 30.3 Å². The fraction of sp³-hybridized carbons (Fsp3) is 0.562. The average molecular weight is 248 g/mol. The van der Waals surface area contributed by atoms with E-state index in [2.05, 4.69) is 32.9 Å². The maximum Gasteiger partial charge on any atom is 0.303 e. The SMILES string of the molecule is CC(C)(C)C[C@H](CCC(=O)O)Cc1ccccc1. The van der Waals surface area contributed by atoms with Gasteiger partial charge in [-0.1, -0.05) is 51.1 Å². The Morgan fingerprint density at radius 2 is 1.83 bits per heavy atom. The highest BCUT2D eigenvalue weighted by Gasteiger charge is 2.19. The molecule has 0 aromatic heterocycles. The van der Waals surface area contributed by atoms with Crippen LogP contribution in [0.3, 0.4) is 0 Å². The van der Waals surface area contributed by atoms with Crippen molar-refractivity contribution >= 4 is 5.97 Å². The summed E-state index contributed by atoms with van der Waals surface area (Å²) in [5, 5.41) is 8.83. The Morgan fingerprint density at radius 3 is 2.33 bits per heavy atom. The molecule has 1 atom stereocenters. The highest BCUT2D eigenvalue weighted by molar-refractivity contribution is 5.66. The minimum Gasteiger partial charge on any atom is -0.481 e. The second-order valence-electron chi connectivity index (χ2n) is 6.25. The molecule has 1 rings (SSSR count). The predicted molar refractivity (Wildman–Crippen MR) is 74.6 cm³/mol. The van der Waals surface area contributed by atoms with Crippen LogP contribution < -0.4 is 0 Å². The van der Waals surface area contributed by atoms with E-state index in [0.29, 0.717) is 5.92 Å². The number of carboxylic acid groups (broad SMARTS) is 1. The second-order valence-corrected chi connectivity index (χ2v) is 6.25. The second kappa shape index (κ2) is 6.58. The molecule has 0 aliphatic carbocycles. The summed E-state index contributed by atoms with van der Waals surface area (Å²) in [4.78, 5) is 10.7. The van der Waals surface area contributed by atoms with E-state index in [1.807, 2.05) is 18.2 Å². The zero-order chi connectivity index (χ0) is 13.6. The van der Waals surface area contributed by atoms with Crippen LogP contribution in [0.2, 0.25) is 0 Å². The number of carboxylic acids is 1. The number of hydrogen-bond donors (Lipinski definition) is 1. The van der Waals surface area contributed by atoms with Gasteiger partial charge in [-0.25, -0.2) is 0 Å². The highest BCUT2D eigenvalue weighted by atomic mass is 16.4. The Morgan fingerprint density at radius 1 is 1.22 bits per heavy atom. The molecule has 1 aromatic rings. The summed E-state index contributed by atoms with van der Waals surface area (Å²) in [6.45, 7) is 6.64. The molecule has 0 fully saturated rings. The molecule has 1 aromatic carbocycles. The van der Waals surface area contributed by atoms with Crippen LogP contribution in [-0.2, 0) is 11.2 Å². The third-order valence-corrected chi connectivity index (χ3v) is 3.03. The number of aliphatic carboxylic acids is 1. The summed E-state index contributed by atoms with van der Waals surface area (Å²) in [6, 6.07) is 10.3. The highest BCUT2D eigenvalue weighted by Crippen LogP contribution is 2.29. The maximum atomic E-state index is 10.7. The van der Waals surface area contributed by atoms with E-state index in [1.54, 1.807) is 0 Å². The first-order chi connectivity index (χ1) is 8.37. The summed E-state index contributed by atoms with van der Waals surface area (Å²) in [6.07, 6.45) is 3.08. The Balaban J connectivity index is 2.62. The van der Waals surface area contributed by atoms with Crippen molar-refractivity contribution in [3.8, 4) is 0 Å². The largest absolute Gasteiger partial charge is 0.481 e. The van der Waals surface area contributed by atoms with Crippen LogP contribution in [0.5, 0.6) is 0 Å². The number of benzene rings is 1. The van der Waals surface area contributed by atoms with E-state index in [9.17, 15) is 4.79 Å². The normalized spacial score (nSPS) is 13.3. The van der Waals surface area contributed by atoms with Crippen molar-refractivity contribution in [2.75, 3.05) is 0 Å². The molecule has 0 spiro atoms. The fourth-order valence-electron chi connectivity index (χ4n) is 2.42. The zero-order valence-electron chi connectivity index (χ0n) is 11.6. The van der Waals surface area contributed by atoms with E-state index in [0.717, 1.165) is 19.3 Å². The average Bonchev–Trinajstić information content (AvgIpc) is 2.25. The van der Waals surface area contributed by atoms with Crippen LogP contribution in [0.1, 0.15) is 45.6 Å². The molecule has 1 N–H and O–H groups in total. The van der Waals surface area contributed by atoms with Gasteiger partial charge in [0.2, 0.25) is 0 Å². The summed E-state index contributed by atoms with van der Waals surface area (Å²) in [5.74, 6) is -0.245. The van der Waals surface area contributed by atoms with Crippen molar-refractivity contribution in [2.24, 2.45) is 11.3 Å². The molecule has 0 aliphatic rings. The zero-order valence-corrected chi connectivity index (χ0v) is 11.6. The summed E-state index contributed by atoms with van der Waals surface area (Å²) >= 11 is 0. The van der Waals surface area contributed by atoms with E-state index in [1.165, 1.54) is 5.56 Å². The van der Waals surface area contributed by atoms with Gasteiger partial charge in [0, 0.05) is 6.42 Å². The van der Waals surface area contributed by atoms with Gasteiger partial charge >= 0.3 is 5.97 Å². The van der Waals surface area contributed by atoms with Gasteiger partial charge in [0.1, 0.15) is 0 Å². The summed E-state index contributed by atoms with van der Waals surface area (Å²) in [7, 11) is 0. The first-order valence-corrected chi connectivity index (χ1v) is 6.62. The minimum absolute atomic E-state index is 0.248. The van der Waals surface area contributed by atoms with E-state index >= 15 is 0 Å². The van der Waals surface area contributed by atoms with Gasteiger partial charge in [-0.05, 0) is 36.2 Å². The lowest BCUT2D eigenvalue weighted by Gasteiger charge is -2.26. The Kier molecular flexibility index (Phi) is 5.39. The van der Waals surface area contributed by atoms with Crippen LogP contribution in [-0.4, -0.2) is 11.1 Å². The van der Waals surface area contributed by atoms with Gasteiger partial charge in [0.25, 0.3) is 0 Å². The molecule has 100 valence electrons. The molecule has 0 amide bonds. The quantitative estimate of drug-likeness (QED) is 0.821. The first-order valence-electron chi connectivity index (χ1n) is 6.62.